The van der Waals surface area contributed by atoms with Gasteiger partial charge in [-0.15, -0.1) is 0 Å². The fourth-order valence-electron chi connectivity index (χ4n) is 1.66. The van der Waals surface area contributed by atoms with Gasteiger partial charge in [0.15, 0.2) is 0 Å². The SMILES string of the molecule is CCCCO[P+](O)(O)CC(CC)CCCC. The molecule has 0 saturated carbocycles. The van der Waals surface area contributed by atoms with Crippen molar-refractivity contribution in [3.05, 3.63) is 0 Å². The molecule has 0 amide bonds. The van der Waals surface area contributed by atoms with Crippen LogP contribution in [0.5, 0.6) is 0 Å². The molecule has 0 rings (SSSR count). The summed E-state index contributed by atoms with van der Waals surface area (Å²) in [5, 5.41) is 0. The van der Waals surface area contributed by atoms with Gasteiger partial charge in [-0.25, -0.2) is 0 Å². The van der Waals surface area contributed by atoms with Crippen molar-refractivity contribution in [1.82, 2.24) is 0 Å². The van der Waals surface area contributed by atoms with Gasteiger partial charge in [0.05, 0.1) is 6.61 Å². The second-order valence-electron chi connectivity index (χ2n) is 4.45. The molecule has 2 N–H and O–H groups in total. The molecule has 0 saturated heterocycles. The third-order valence-electron chi connectivity index (χ3n) is 2.84. The molecule has 0 aliphatic heterocycles. The van der Waals surface area contributed by atoms with Crippen LogP contribution in [0.3, 0.4) is 0 Å². The van der Waals surface area contributed by atoms with E-state index in [0.29, 0.717) is 18.7 Å². The van der Waals surface area contributed by atoms with E-state index in [2.05, 4.69) is 20.8 Å². The maximum absolute atomic E-state index is 9.79. The largest absolute Gasteiger partial charge is 0.406 e. The molecule has 4 heteroatoms. The van der Waals surface area contributed by atoms with Crippen LogP contribution in [0.4, 0.5) is 0 Å². The van der Waals surface area contributed by atoms with Crippen molar-refractivity contribution in [2.75, 3.05) is 12.8 Å². The average molecular weight is 251 g/mol. The minimum atomic E-state index is -3.09. The van der Waals surface area contributed by atoms with Gasteiger partial charge in [0.2, 0.25) is 0 Å². The topological polar surface area (TPSA) is 49.7 Å². The third kappa shape index (κ3) is 8.46. The number of rotatable bonds is 10. The highest BCUT2D eigenvalue weighted by atomic mass is 31.2. The molecular formula is C12H28O3P+. The van der Waals surface area contributed by atoms with Crippen LogP contribution in [-0.4, -0.2) is 22.6 Å². The minimum absolute atomic E-state index is 0.393. The van der Waals surface area contributed by atoms with E-state index in [1.54, 1.807) is 0 Å². The number of unbranched alkanes of at least 4 members (excludes halogenated alkanes) is 2. The normalized spacial score (nSPS) is 14.1. The summed E-state index contributed by atoms with van der Waals surface area (Å²) >= 11 is 0. The summed E-state index contributed by atoms with van der Waals surface area (Å²) in [5.74, 6) is 0.393. The summed E-state index contributed by atoms with van der Waals surface area (Å²) in [6.07, 6.45) is 6.75. The summed E-state index contributed by atoms with van der Waals surface area (Å²) in [6, 6.07) is 0. The second-order valence-corrected chi connectivity index (χ2v) is 6.40. The van der Waals surface area contributed by atoms with Gasteiger partial charge < -0.3 is 0 Å². The first kappa shape index (κ1) is 16.3. The zero-order chi connectivity index (χ0) is 12.4. The molecule has 1 atom stereocenters. The Labute approximate surface area is 101 Å². The minimum Gasteiger partial charge on any atom is -0.193 e. The molecule has 16 heavy (non-hydrogen) atoms. The highest BCUT2D eigenvalue weighted by Crippen LogP contribution is 2.53. The van der Waals surface area contributed by atoms with Gasteiger partial charge in [-0.3, -0.25) is 0 Å². The lowest BCUT2D eigenvalue weighted by molar-refractivity contribution is 0.219. The van der Waals surface area contributed by atoms with Gasteiger partial charge in [0.1, 0.15) is 6.16 Å². The monoisotopic (exact) mass is 251 g/mol. The van der Waals surface area contributed by atoms with Crippen molar-refractivity contribution >= 4 is 7.94 Å². The predicted molar refractivity (Wildman–Crippen MR) is 70.4 cm³/mol. The lowest BCUT2D eigenvalue weighted by Crippen LogP contribution is -2.12. The molecule has 1 unspecified atom stereocenters. The van der Waals surface area contributed by atoms with Crippen molar-refractivity contribution in [2.24, 2.45) is 5.92 Å². The van der Waals surface area contributed by atoms with E-state index in [0.717, 1.165) is 38.5 Å². The van der Waals surface area contributed by atoms with Crippen LogP contribution in [-0.2, 0) is 4.52 Å². The van der Waals surface area contributed by atoms with E-state index >= 15 is 0 Å². The Bertz CT molecular complexity index is 162. The molecule has 0 aliphatic rings. The summed E-state index contributed by atoms with van der Waals surface area (Å²) < 4.78 is 5.20. The Morgan fingerprint density at radius 1 is 1.06 bits per heavy atom. The van der Waals surface area contributed by atoms with Crippen molar-refractivity contribution in [1.29, 1.82) is 0 Å². The molecule has 0 heterocycles. The number of hydrogen-bond acceptors (Lipinski definition) is 3. The van der Waals surface area contributed by atoms with Crippen LogP contribution in [0.15, 0.2) is 0 Å². The second kappa shape index (κ2) is 9.35. The first-order valence-corrected chi connectivity index (χ1v) is 8.33. The lowest BCUT2D eigenvalue weighted by atomic mass is 10.0. The van der Waals surface area contributed by atoms with Crippen LogP contribution in [0, 0.1) is 5.92 Å². The smallest absolute Gasteiger partial charge is 0.193 e. The Morgan fingerprint density at radius 2 is 1.69 bits per heavy atom. The Hall–Kier alpha value is 0.310. The van der Waals surface area contributed by atoms with E-state index in [1.807, 2.05) is 0 Å². The Morgan fingerprint density at radius 3 is 2.19 bits per heavy atom. The predicted octanol–water partition coefficient (Wildman–Crippen LogP) is 3.77. The van der Waals surface area contributed by atoms with Crippen LogP contribution in [0.25, 0.3) is 0 Å². The third-order valence-corrected chi connectivity index (χ3v) is 4.42. The van der Waals surface area contributed by atoms with Crippen LogP contribution in [0.2, 0.25) is 0 Å². The van der Waals surface area contributed by atoms with Crippen molar-refractivity contribution in [3.63, 3.8) is 0 Å². The lowest BCUT2D eigenvalue weighted by Gasteiger charge is -2.17. The molecule has 0 aromatic heterocycles. The van der Waals surface area contributed by atoms with Crippen molar-refractivity contribution in [3.8, 4) is 0 Å². The fraction of sp³-hybridized carbons (Fsp3) is 1.00. The van der Waals surface area contributed by atoms with E-state index < -0.39 is 7.94 Å². The molecule has 0 bridgehead atoms. The standard InChI is InChI=1S/C12H28O3P/c1-4-7-9-12(6-3)11-16(13,14)15-10-8-5-2/h12-14H,4-11H2,1-3H3/q+1. The van der Waals surface area contributed by atoms with Gasteiger partial charge in [0.25, 0.3) is 0 Å². The summed E-state index contributed by atoms with van der Waals surface area (Å²) in [4.78, 5) is 19.6. The Balaban J connectivity index is 3.89. The zero-order valence-electron chi connectivity index (χ0n) is 11.0. The van der Waals surface area contributed by atoms with Gasteiger partial charge >= 0.3 is 7.94 Å². The molecule has 0 aromatic carbocycles. The molecule has 3 nitrogen and oxygen atoms in total. The van der Waals surface area contributed by atoms with E-state index in [4.69, 9.17) is 4.52 Å². The van der Waals surface area contributed by atoms with Gasteiger partial charge in [0, 0.05) is 5.92 Å². The summed E-state index contributed by atoms with van der Waals surface area (Å²) in [7, 11) is -3.09. The van der Waals surface area contributed by atoms with E-state index in [1.165, 1.54) is 0 Å². The highest BCUT2D eigenvalue weighted by molar-refractivity contribution is 7.59. The summed E-state index contributed by atoms with van der Waals surface area (Å²) in [5.41, 5.74) is 0. The molecule has 0 aliphatic carbocycles. The zero-order valence-corrected chi connectivity index (χ0v) is 11.9. The first-order valence-electron chi connectivity index (χ1n) is 6.53. The fourth-order valence-corrected chi connectivity index (χ4v) is 3.30. The molecule has 0 fully saturated rings. The van der Waals surface area contributed by atoms with Crippen LogP contribution in [0.1, 0.15) is 59.3 Å². The molecule has 98 valence electrons. The highest BCUT2D eigenvalue weighted by Gasteiger charge is 2.37. The van der Waals surface area contributed by atoms with Crippen LogP contribution >= 0.6 is 7.94 Å². The first-order chi connectivity index (χ1) is 7.55. The maximum atomic E-state index is 9.79. The van der Waals surface area contributed by atoms with Crippen molar-refractivity contribution in [2.45, 2.75) is 59.3 Å². The van der Waals surface area contributed by atoms with Gasteiger partial charge in [-0.1, -0.05) is 40.0 Å². The Kier molecular flexibility index (Phi) is 9.53. The van der Waals surface area contributed by atoms with Gasteiger partial charge in [-0.05, 0) is 19.3 Å². The molecule has 0 spiro atoms. The van der Waals surface area contributed by atoms with E-state index in [9.17, 15) is 9.79 Å². The summed E-state index contributed by atoms with van der Waals surface area (Å²) in [6.45, 7) is 6.80. The van der Waals surface area contributed by atoms with Crippen LogP contribution < -0.4 is 0 Å². The molecule has 0 radical (unpaired) electrons. The maximum Gasteiger partial charge on any atom is 0.406 e. The van der Waals surface area contributed by atoms with Gasteiger partial charge in [-0.2, -0.15) is 14.3 Å². The molecular weight excluding hydrogens is 223 g/mol. The number of hydrogen-bond donors (Lipinski definition) is 2. The van der Waals surface area contributed by atoms with Crippen molar-refractivity contribution < 1.29 is 14.3 Å². The average Bonchev–Trinajstić information content (AvgIpc) is 2.24. The molecule has 0 aromatic rings. The van der Waals surface area contributed by atoms with E-state index in [-0.39, 0.29) is 0 Å². The quantitative estimate of drug-likeness (QED) is 0.459.